The zero-order valence-electron chi connectivity index (χ0n) is 19.6. The number of benzene rings is 3. The highest BCUT2D eigenvalue weighted by Gasteiger charge is 2.32. The van der Waals surface area contributed by atoms with E-state index in [1.165, 1.54) is 37.1 Å². The molecule has 188 valence electrons. The lowest BCUT2D eigenvalue weighted by molar-refractivity contribution is -0.115. The largest absolute Gasteiger partial charge is 0.497 e. The molecule has 0 aliphatic carbocycles. The Labute approximate surface area is 220 Å². The Bertz CT molecular complexity index is 1430. The number of Topliss-reactive ketones (excluding diaryl/α,β-unsaturated/α-hetero) is 1. The lowest BCUT2D eigenvalue weighted by Crippen LogP contribution is -2.33. The van der Waals surface area contributed by atoms with Crippen molar-refractivity contribution in [3.05, 3.63) is 88.9 Å². The van der Waals surface area contributed by atoms with E-state index in [9.17, 15) is 14.4 Å². The number of hydrogen-bond donors (Lipinski definition) is 1. The Balaban J connectivity index is 1.68. The summed E-state index contributed by atoms with van der Waals surface area (Å²) in [6.07, 6.45) is 0. The average molecular weight is 538 g/mol. The average Bonchev–Trinajstić information content (AvgIpc) is 3.41. The summed E-state index contributed by atoms with van der Waals surface area (Å²) in [6, 6.07) is 19.7. The summed E-state index contributed by atoms with van der Waals surface area (Å²) < 4.78 is 11.3. The monoisotopic (exact) mass is 537 g/mol. The Morgan fingerprint density at radius 3 is 2.35 bits per heavy atom. The molecule has 0 spiro atoms. The van der Waals surface area contributed by atoms with Gasteiger partial charge in [-0.05, 0) is 65.0 Å². The first-order valence-corrected chi connectivity index (χ1v) is 12.0. The molecule has 1 heterocycles. The minimum absolute atomic E-state index is 0.144. The van der Waals surface area contributed by atoms with E-state index in [0.717, 1.165) is 11.8 Å². The van der Waals surface area contributed by atoms with Gasteiger partial charge < -0.3 is 14.8 Å². The first-order valence-electron chi connectivity index (χ1n) is 10.8. The van der Waals surface area contributed by atoms with Gasteiger partial charge >= 0.3 is 5.97 Å². The molecule has 0 bridgehead atoms. The Hall–Kier alpha value is -4.22. The number of para-hydroxylation sites is 1. The van der Waals surface area contributed by atoms with Gasteiger partial charge in [-0.1, -0.05) is 41.6 Å². The number of aromatic nitrogens is 4. The summed E-state index contributed by atoms with van der Waals surface area (Å²) >= 11 is 7.14. The molecule has 1 N–H and O–H groups in total. The van der Waals surface area contributed by atoms with Crippen molar-refractivity contribution in [2.24, 2.45) is 0 Å². The molecule has 0 aliphatic heterocycles. The minimum Gasteiger partial charge on any atom is -0.497 e. The summed E-state index contributed by atoms with van der Waals surface area (Å²) in [5.74, 6) is -1.22. The van der Waals surface area contributed by atoms with E-state index in [1.54, 1.807) is 36.4 Å². The molecule has 4 rings (SSSR count). The highest BCUT2D eigenvalue weighted by atomic mass is 35.5. The van der Waals surface area contributed by atoms with E-state index in [4.69, 9.17) is 21.1 Å². The molecule has 0 saturated carbocycles. The molecule has 0 radical (unpaired) electrons. The summed E-state index contributed by atoms with van der Waals surface area (Å²) in [4.78, 5) is 39.0. The highest BCUT2D eigenvalue weighted by Crippen LogP contribution is 2.29. The van der Waals surface area contributed by atoms with Crippen LogP contribution in [0.4, 0.5) is 5.69 Å². The van der Waals surface area contributed by atoms with Crippen LogP contribution < -0.4 is 10.1 Å². The Morgan fingerprint density at radius 1 is 0.973 bits per heavy atom. The number of tetrazole rings is 1. The number of amides is 1. The topological polar surface area (TPSA) is 125 Å². The maximum atomic E-state index is 13.5. The van der Waals surface area contributed by atoms with Crippen LogP contribution in [-0.4, -0.2) is 57.3 Å². The van der Waals surface area contributed by atoms with E-state index in [0.29, 0.717) is 11.4 Å². The molecule has 1 atom stereocenters. The van der Waals surface area contributed by atoms with E-state index in [1.807, 2.05) is 18.2 Å². The third-order valence-corrected chi connectivity index (χ3v) is 6.62. The molecule has 3 aromatic carbocycles. The number of methoxy groups -OCH3 is 2. The molecule has 0 aliphatic rings. The van der Waals surface area contributed by atoms with Crippen molar-refractivity contribution in [2.75, 3.05) is 19.5 Å². The highest BCUT2D eigenvalue weighted by molar-refractivity contribution is 8.01. The lowest BCUT2D eigenvalue weighted by Gasteiger charge is -2.16. The zero-order chi connectivity index (χ0) is 26.4. The third kappa shape index (κ3) is 5.96. The van der Waals surface area contributed by atoms with Crippen LogP contribution in [0.3, 0.4) is 0 Å². The van der Waals surface area contributed by atoms with E-state index >= 15 is 0 Å². The fourth-order valence-corrected chi connectivity index (χ4v) is 4.40. The number of carbonyl (C=O) groups excluding carboxylic acids is 3. The predicted molar refractivity (Wildman–Crippen MR) is 138 cm³/mol. The van der Waals surface area contributed by atoms with Crippen molar-refractivity contribution in [3.63, 3.8) is 0 Å². The maximum absolute atomic E-state index is 13.5. The number of hydrogen-bond acceptors (Lipinski definition) is 9. The molecule has 12 heteroatoms. The number of halogens is 1. The second kappa shape index (κ2) is 11.7. The molecule has 0 fully saturated rings. The molecule has 37 heavy (non-hydrogen) atoms. The number of nitrogens with zero attached hydrogens (tertiary/aromatic N) is 4. The van der Waals surface area contributed by atoms with Crippen LogP contribution in [-0.2, 0) is 9.53 Å². The van der Waals surface area contributed by atoms with Gasteiger partial charge in [0.25, 0.3) is 0 Å². The number of nitrogens with one attached hydrogen (secondary N) is 1. The van der Waals surface area contributed by atoms with Crippen molar-refractivity contribution in [2.45, 2.75) is 10.4 Å². The molecular formula is C25H20ClN5O5S. The Kier molecular flexibility index (Phi) is 8.16. The van der Waals surface area contributed by atoms with Gasteiger partial charge in [0.1, 0.15) is 5.75 Å². The smallest absolute Gasteiger partial charge is 0.337 e. The zero-order valence-corrected chi connectivity index (χ0v) is 21.2. The third-order valence-electron chi connectivity index (χ3n) is 5.16. The molecule has 1 unspecified atom stereocenters. The fraction of sp³-hybridized carbons (Fsp3) is 0.120. The second-order valence-electron chi connectivity index (χ2n) is 7.47. The molecule has 1 amide bonds. The summed E-state index contributed by atoms with van der Waals surface area (Å²) in [7, 11) is 2.75. The first kappa shape index (κ1) is 25.9. The van der Waals surface area contributed by atoms with Crippen LogP contribution in [0.2, 0.25) is 5.02 Å². The summed E-state index contributed by atoms with van der Waals surface area (Å²) in [5, 5.41) is 13.5. The van der Waals surface area contributed by atoms with Gasteiger partial charge in [0, 0.05) is 5.56 Å². The van der Waals surface area contributed by atoms with Crippen molar-refractivity contribution in [1.82, 2.24) is 20.2 Å². The maximum Gasteiger partial charge on any atom is 0.337 e. The van der Waals surface area contributed by atoms with Gasteiger partial charge in [-0.3, -0.25) is 9.59 Å². The minimum atomic E-state index is -1.31. The number of esters is 1. The van der Waals surface area contributed by atoms with Crippen LogP contribution in [0.1, 0.15) is 20.7 Å². The van der Waals surface area contributed by atoms with Crippen LogP contribution >= 0.6 is 23.4 Å². The van der Waals surface area contributed by atoms with Crippen molar-refractivity contribution < 1.29 is 23.9 Å². The number of thioether (sulfide) groups is 1. The van der Waals surface area contributed by atoms with Crippen LogP contribution in [0, 0.1) is 0 Å². The van der Waals surface area contributed by atoms with E-state index in [-0.39, 0.29) is 27.0 Å². The number of ether oxygens (including phenoxy) is 2. The number of carbonyl (C=O) groups is 3. The summed E-state index contributed by atoms with van der Waals surface area (Å²) in [6.45, 7) is 0. The molecule has 1 aromatic heterocycles. The first-order chi connectivity index (χ1) is 17.9. The van der Waals surface area contributed by atoms with E-state index < -0.39 is 22.9 Å². The number of ketones is 1. The van der Waals surface area contributed by atoms with Crippen molar-refractivity contribution in [1.29, 1.82) is 0 Å². The summed E-state index contributed by atoms with van der Waals surface area (Å²) in [5.41, 5.74) is 1.26. The predicted octanol–water partition coefficient (Wildman–Crippen LogP) is 4.09. The van der Waals surface area contributed by atoms with Gasteiger partial charge in [-0.25, -0.2) is 4.79 Å². The number of rotatable bonds is 9. The van der Waals surface area contributed by atoms with E-state index in [2.05, 4.69) is 20.8 Å². The van der Waals surface area contributed by atoms with Gasteiger partial charge in [0.05, 0.1) is 36.2 Å². The Morgan fingerprint density at radius 2 is 1.68 bits per heavy atom. The second-order valence-corrected chi connectivity index (χ2v) is 8.95. The standard InChI is InChI=1S/C25H20ClN5O5S/c1-35-18-11-8-15(9-12-18)21(32)22(37-25-28-29-30-31(25)17-6-4-3-5-7-17)23(33)27-20-14-16(24(34)36-2)10-13-19(20)26/h3-14,22H,1-2H3,(H,27,33). The van der Waals surface area contributed by atoms with Crippen molar-refractivity contribution in [3.8, 4) is 11.4 Å². The molecule has 10 nitrogen and oxygen atoms in total. The fourth-order valence-electron chi connectivity index (χ4n) is 3.29. The van der Waals surface area contributed by atoms with Crippen LogP contribution in [0.25, 0.3) is 5.69 Å². The van der Waals surface area contributed by atoms with Gasteiger partial charge in [-0.15, -0.1) is 5.10 Å². The number of anilines is 1. The van der Waals surface area contributed by atoms with Crippen molar-refractivity contribution >= 4 is 46.7 Å². The molecule has 0 saturated heterocycles. The quantitative estimate of drug-likeness (QED) is 0.145. The van der Waals surface area contributed by atoms with Gasteiger partial charge in [-0.2, -0.15) is 4.68 Å². The van der Waals surface area contributed by atoms with Gasteiger partial charge in [0.2, 0.25) is 11.1 Å². The lowest BCUT2D eigenvalue weighted by atomic mass is 10.1. The van der Waals surface area contributed by atoms with Crippen LogP contribution in [0.15, 0.2) is 78.0 Å². The van der Waals surface area contributed by atoms with Crippen LogP contribution in [0.5, 0.6) is 5.75 Å². The van der Waals surface area contributed by atoms with Gasteiger partial charge in [0.15, 0.2) is 11.0 Å². The SMILES string of the molecule is COC(=O)c1ccc(Cl)c(NC(=O)C(Sc2nnnn2-c2ccccc2)C(=O)c2ccc(OC)cc2)c1. The normalized spacial score (nSPS) is 11.4. The molecular weight excluding hydrogens is 518 g/mol. The molecule has 4 aromatic rings.